The molecule has 1 aliphatic heterocycles. The summed E-state index contributed by atoms with van der Waals surface area (Å²) >= 11 is 0. The number of ether oxygens (including phenoxy) is 1. The van der Waals surface area contributed by atoms with Crippen molar-refractivity contribution in [2.24, 2.45) is 0 Å². The fourth-order valence-corrected chi connectivity index (χ4v) is 6.02. The van der Waals surface area contributed by atoms with Gasteiger partial charge in [0, 0.05) is 12.1 Å². The maximum absolute atomic E-state index is 12.9. The maximum Gasteiger partial charge on any atom is 0.416 e. The third kappa shape index (κ3) is 6.44. The zero-order chi connectivity index (χ0) is 22.6. The summed E-state index contributed by atoms with van der Waals surface area (Å²) in [5, 5.41) is 0. The van der Waals surface area contributed by atoms with Crippen LogP contribution < -0.4 is 0 Å². The first-order chi connectivity index (χ1) is 14.5. The van der Waals surface area contributed by atoms with E-state index in [2.05, 4.69) is 0 Å². The summed E-state index contributed by atoms with van der Waals surface area (Å²) in [6, 6.07) is 3.70. The van der Waals surface area contributed by atoms with E-state index in [4.69, 9.17) is 4.74 Å². The molecule has 2 fully saturated rings. The zero-order valence-corrected chi connectivity index (χ0v) is 17.9. The van der Waals surface area contributed by atoms with E-state index in [9.17, 15) is 31.2 Å². The van der Waals surface area contributed by atoms with Crippen LogP contribution in [0.3, 0.4) is 0 Å². The first-order valence-corrected chi connectivity index (χ1v) is 12.2. The van der Waals surface area contributed by atoms with Crippen LogP contribution in [0.2, 0.25) is 0 Å². The lowest BCUT2D eigenvalue weighted by Crippen LogP contribution is -2.50. The van der Waals surface area contributed by atoms with E-state index in [0.29, 0.717) is 12.0 Å². The Kier molecular flexibility index (Phi) is 7.28. The van der Waals surface area contributed by atoms with Crippen molar-refractivity contribution in [2.75, 3.05) is 18.1 Å². The largest absolute Gasteiger partial charge is 0.455 e. The van der Waals surface area contributed by atoms with Crippen LogP contribution in [0.15, 0.2) is 24.3 Å². The number of esters is 1. The Hall–Kier alpha value is -2.10. The van der Waals surface area contributed by atoms with Crippen molar-refractivity contribution in [2.45, 2.75) is 63.2 Å². The predicted molar refractivity (Wildman–Crippen MR) is 107 cm³/mol. The highest BCUT2D eigenvalue weighted by Crippen LogP contribution is 2.30. The number of nitrogens with zero attached hydrogens (tertiary/aromatic N) is 1. The molecule has 1 aromatic carbocycles. The van der Waals surface area contributed by atoms with E-state index in [1.54, 1.807) is 4.90 Å². The van der Waals surface area contributed by atoms with Crippen LogP contribution in [-0.4, -0.2) is 55.4 Å². The molecule has 6 nitrogen and oxygen atoms in total. The van der Waals surface area contributed by atoms with Gasteiger partial charge in [0.05, 0.1) is 23.5 Å². The molecule has 1 atom stereocenters. The van der Waals surface area contributed by atoms with Gasteiger partial charge in [0.1, 0.15) is 0 Å². The van der Waals surface area contributed by atoms with Crippen molar-refractivity contribution in [1.82, 2.24) is 4.90 Å². The van der Waals surface area contributed by atoms with Gasteiger partial charge in [0.15, 0.2) is 16.4 Å². The molecule has 10 heteroatoms. The highest BCUT2D eigenvalue weighted by molar-refractivity contribution is 7.91. The number of benzene rings is 1. The number of amides is 1. The number of alkyl halides is 3. The average Bonchev–Trinajstić information content (AvgIpc) is 3.06. The first-order valence-electron chi connectivity index (χ1n) is 10.4. The summed E-state index contributed by atoms with van der Waals surface area (Å²) in [4.78, 5) is 26.6. The summed E-state index contributed by atoms with van der Waals surface area (Å²) < 4.78 is 66.8. The number of hydrogen-bond acceptors (Lipinski definition) is 5. The predicted octanol–water partition coefficient (Wildman–Crippen LogP) is 3.14. The fourth-order valence-electron chi connectivity index (χ4n) is 4.31. The second-order valence-electron chi connectivity index (χ2n) is 8.18. The second-order valence-corrected chi connectivity index (χ2v) is 10.4. The summed E-state index contributed by atoms with van der Waals surface area (Å²) in [6.45, 7) is -0.507. The van der Waals surface area contributed by atoms with Gasteiger partial charge in [-0.3, -0.25) is 9.59 Å². The molecule has 3 rings (SSSR count). The van der Waals surface area contributed by atoms with Crippen LogP contribution in [0, 0.1) is 0 Å². The van der Waals surface area contributed by atoms with Crippen LogP contribution in [0.5, 0.6) is 0 Å². The molecule has 1 heterocycles. The van der Waals surface area contributed by atoms with Crippen LogP contribution in [0.4, 0.5) is 13.2 Å². The molecule has 1 aliphatic carbocycles. The van der Waals surface area contributed by atoms with Gasteiger partial charge < -0.3 is 9.64 Å². The number of carbonyl (C=O) groups is 2. The third-order valence-corrected chi connectivity index (χ3v) is 7.59. The van der Waals surface area contributed by atoms with Gasteiger partial charge in [0.25, 0.3) is 5.91 Å². The Morgan fingerprint density at radius 1 is 1.00 bits per heavy atom. The smallest absolute Gasteiger partial charge is 0.416 e. The summed E-state index contributed by atoms with van der Waals surface area (Å²) in [7, 11) is -3.18. The molecule has 0 N–H and O–H groups in total. The number of carbonyl (C=O) groups excluding carboxylic acids is 2. The van der Waals surface area contributed by atoms with Gasteiger partial charge in [-0.2, -0.15) is 13.2 Å². The number of hydrogen-bond donors (Lipinski definition) is 0. The average molecular weight is 462 g/mol. The molecule has 1 aromatic rings. The molecule has 1 saturated heterocycles. The monoisotopic (exact) mass is 461 g/mol. The molecule has 31 heavy (non-hydrogen) atoms. The SMILES string of the molecule is O=C(Cc1ccc(C(F)(F)F)cc1)OCC(=O)N(C1CCCCC1)C1CCS(=O)(=O)C1. The highest BCUT2D eigenvalue weighted by Gasteiger charge is 2.38. The lowest BCUT2D eigenvalue weighted by molar-refractivity contribution is -0.154. The molecular formula is C21H26F3NO5S. The molecule has 0 bridgehead atoms. The molecule has 1 unspecified atom stereocenters. The molecule has 0 radical (unpaired) electrons. The topological polar surface area (TPSA) is 80.8 Å². The molecule has 1 amide bonds. The summed E-state index contributed by atoms with van der Waals surface area (Å²) in [6.07, 6.45) is 0.245. The minimum absolute atomic E-state index is 0.0435. The van der Waals surface area contributed by atoms with Gasteiger partial charge in [-0.15, -0.1) is 0 Å². The van der Waals surface area contributed by atoms with Crippen molar-refractivity contribution in [3.63, 3.8) is 0 Å². The molecular weight excluding hydrogens is 435 g/mol. The van der Waals surface area contributed by atoms with E-state index in [-0.39, 0.29) is 24.0 Å². The Morgan fingerprint density at radius 3 is 2.19 bits per heavy atom. The van der Waals surface area contributed by atoms with Crippen molar-refractivity contribution >= 4 is 21.7 Å². The van der Waals surface area contributed by atoms with Crippen LogP contribution in [0.1, 0.15) is 49.7 Å². The minimum Gasteiger partial charge on any atom is -0.455 e. The Morgan fingerprint density at radius 2 is 1.65 bits per heavy atom. The van der Waals surface area contributed by atoms with Gasteiger partial charge in [-0.05, 0) is 37.0 Å². The maximum atomic E-state index is 12.9. The van der Waals surface area contributed by atoms with Crippen molar-refractivity contribution in [3.05, 3.63) is 35.4 Å². The van der Waals surface area contributed by atoms with E-state index >= 15 is 0 Å². The molecule has 172 valence electrons. The Labute approximate surface area is 179 Å². The Bertz CT molecular complexity index is 893. The number of halogens is 3. The van der Waals surface area contributed by atoms with E-state index in [1.807, 2.05) is 0 Å². The Balaban J connectivity index is 1.59. The van der Waals surface area contributed by atoms with Crippen molar-refractivity contribution in [1.29, 1.82) is 0 Å². The van der Waals surface area contributed by atoms with Gasteiger partial charge >= 0.3 is 12.1 Å². The van der Waals surface area contributed by atoms with Crippen LogP contribution in [-0.2, 0) is 36.8 Å². The lowest BCUT2D eigenvalue weighted by atomic mass is 9.93. The van der Waals surface area contributed by atoms with E-state index in [1.165, 1.54) is 12.1 Å². The molecule has 1 saturated carbocycles. The standard InChI is InChI=1S/C21H26F3NO5S/c22-21(23,24)16-8-6-15(7-9-16)12-20(27)30-13-19(26)25(17-4-2-1-3-5-17)18-10-11-31(28,29)14-18/h6-9,17-18H,1-5,10-14H2. The molecule has 2 aliphatic rings. The number of sulfone groups is 1. The van der Waals surface area contributed by atoms with Gasteiger partial charge in [-0.25, -0.2) is 8.42 Å². The summed E-state index contributed by atoms with van der Waals surface area (Å²) in [5.41, 5.74) is -0.467. The van der Waals surface area contributed by atoms with Crippen LogP contribution >= 0.6 is 0 Å². The summed E-state index contributed by atoms with van der Waals surface area (Å²) in [5.74, 6) is -1.18. The van der Waals surface area contributed by atoms with E-state index in [0.717, 1.165) is 44.2 Å². The van der Waals surface area contributed by atoms with Crippen LogP contribution in [0.25, 0.3) is 0 Å². The normalized spacial score (nSPS) is 21.6. The molecule has 0 aromatic heterocycles. The number of rotatable bonds is 6. The van der Waals surface area contributed by atoms with E-state index < -0.39 is 46.1 Å². The second kappa shape index (κ2) is 9.58. The van der Waals surface area contributed by atoms with Crippen molar-refractivity contribution < 1.29 is 35.9 Å². The fraction of sp³-hybridized carbons (Fsp3) is 0.619. The lowest BCUT2D eigenvalue weighted by Gasteiger charge is -2.38. The minimum atomic E-state index is -4.46. The zero-order valence-electron chi connectivity index (χ0n) is 17.1. The van der Waals surface area contributed by atoms with Gasteiger partial charge in [0.2, 0.25) is 0 Å². The highest BCUT2D eigenvalue weighted by atomic mass is 32.2. The van der Waals surface area contributed by atoms with Crippen molar-refractivity contribution in [3.8, 4) is 0 Å². The third-order valence-electron chi connectivity index (χ3n) is 5.84. The quantitative estimate of drug-likeness (QED) is 0.608. The molecule has 0 spiro atoms. The van der Waals surface area contributed by atoms with Gasteiger partial charge in [-0.1, -0.05) is 31.4 Å². The first kappa shape index (κ1) is 23.6.